The van der Waals surface area contributed by atoms with Crippen molar-refractivity contribution in [3.63, 3.8) is 0 Å². The van der Waals surface area contributed by atoms with Gasteiger partial charge in [-0.05, 0) is 24.3 Å². The van der Waals surface area contributed by atoms with Crippen LogP contribution in [-0.4, -0.2) is 30.6 Å². The summed E-state index contributed by atoms with van der Waals surface area (Å²) in [6.45, 7) is 0. The highest BCUT2D eigenvalue weighted by atomic mass is 16.5. The minimum atomic E-state index is -0.909. The van der Waals surface area contributed by atoms with Gasteiger partial charge in [0.1, 0.15) is 11.8 Å². The number of para-hydroxylation sites is 1. The van der Waals surface area contributed by atoms with Crippen molar-refractivity contribution in [2.45, 2.75) is 6.04 Å². The zero-order chi connectivity index (χ0) is 15.1. The summed E-state index contributed by atoms with van der Waals surface area (Å²) in [7, 11) is 1.48. The molecule has 2 aliphatic rings. The number of amides is 1. The summed E-state index contributed by atoms with van der Waals surface area (Å²) in [5.74, 6) is -0.970. The van der Waals surface area contributed by atoms with Crippen molar-refractivity contribution in [1.29, 1.82) is 0 Å². The highest BCUT2D eigenvalue weighted by molar-refractivity contribution is 6.25. The molecule has 1 aliphatic carbocycles. The Morgan fingerprint density at radius 2 is 2.05 bits per heavy atom. The number of nitrogens with two attached hydrogens (primary N) is 1. The van der Waals surface area contributed by atoms with E-state index in [9.17, 15) is 14.4 Å². The van der Waals surface area contributed by atoms with Gasteiger partial charge >= 0.3 is 0 Å². The van der Waals surface area contributed by atoms with Gasteiger partial charge in [0.15, 0.2) is 11.6 Å². The van der Waals surface area contributed by atoms with Crippen LogP contribution in [0.3, 0.4) is 0 Å². The summed E-state index contributed by atoms with van der Waals surface area (Å²) in [5, 5.41) is 2.97. The molecule has 0 bridgehead atoms. The zero-order valence-corrected chi connectivity index (χ0v) is 11.2. The largest absolute Gasteiger partial charge is 0.495 e. The van der Waals surface area contributed by atoms with E-state index in [2.05, 4.69) is 5.32 Å². The molecule has 0 spiro atoms. The molecule has 0 radical (unpaired) electrons. The number of anilines is 1. The fourth-order valence-electron chi connectivity index (χ4n) is 2.59. The van der Waals surface area contributed by atoms with Crippen molar-refractivity contribution in [2.24, 2.45) is 5.73 Å². The van der Waals surface area contributed by atoms with Crippen LogP contribution in [0.15, 0.2) is 41.5 Å². The molecule has 0 fully saturated rings. The van der Waals surface area contributed by atoms with Crippen LogP contribution in [0.1, 0.15) is 10.4 Å². The predicted octanol–water partition coefficient (Wildman–Crippen LogP) is 0.593. The van der Waals surface area contributed by atoms with Gasteiger partial charge in [-0.1, -0.05) is 6.07 Å². The Morgan fingerprint density at radius 1 is 1.29 bits per heavy atom. The Hall–Kier alpha value is -2.89. The number of Topliss-reactive ketones (excluding diaryl/α,β-unsaturated/α-hetero) is 1. The molecule has 1 aromatic rings. The first-order chi connectivity index (χ1) is 10.0. The number of carbonyl (C=O) groups is 3. The van der Waals surface area contributed by atoms with Crippen molar-refractivity contribution in [3.8, 4) is 5.75 Å². The Morgan fingerprint density at radius 3 is 2.71 bits per heavy atom. The molecule has 0 saturated heterocycles. The normalized spacial score (nSPS) is 19.8. The number of hydrogen-bond acceptors (Lipinski definition) is 5. The molecule has 1 atom stereocenters. The molecule has 21 heavy (non-hydrogen) atoms. The number of benzene rings is 1. The van der Waals surface area contributed by atoms with E-state index < -0.39 is 11.9 Å². The average molecular weight is 284 g/mol. The number of carbonyl (C=O) groups excluding carboxylic acids is 3. The fraction of sp³-hybridized carbons (Fsp3) is 0.133. The molecule has 0 saturated carbocycles. The number of hydrogen-bond donors (Lipinski definition) is 2. The number of rotatable bonds is 2. The first-order valence-corrected chi connectivity index (χ1v) is 6.28. The minimum Gasteiger partial charge on any atom is -0.495 e. The lowest BCUT2D eigenvalue weighted by atomic mass is 9.82. The van der Waals surface area contributed by atoms with Crippen LogP contribution in [0.2, 0.25) is 0 Å². The van der Waals surface area contributed by atoms with E-state index in [1.807, 2.05) is 0 Å². The van der Waals surface area contributed by atoms with Gasteiger partial charge in [0, 0.05) is 16.7 Å². The van der Waals surface area contributed by atoms with Crippen molar-refractivity contribution in [3.05, 3.63) is 47.1 Å². The first-order valence-electron chi connectivity index (χ1n) is 6.28. The summed E-state index contributed by atoms with van der Waals surface area (Å²) in [5.41, 5.74) is 6.25. The molecule has 1 amide bonds. The molecule has 3 rings (SSSR count). The first kappa shape index (κ1) is 13.1. The van der Waals surface area contributed by atoms with E-state index >= 15 is 0 Å². The maximum Gasteiger partial charge on any atom is 0.249 e. The van der Waals surface area contributed by atoms with Crippen molar-refractivity contribution in [2.75, 3.05) is 12.4 Å². The van der Waals surface area contributed by atoms with Gasteiger partial charge in [0.05, 0.1) is 12.8 Å². The average Bonchev–Trinajstić information content (AvgIpc) is 2.47. The van der Waals surface area contributed by atoms with E-state index in [4.69, 9.17) is 10.5 Å². The van der Waals surface area contributed by atoms with E-state index in [-0.39, 0.29) is 22.7 Å². The van der Waals surface area contributed by atoms with E-state index in [1.54, 1.807) is 18.2 Å². The van der Waals surface area contributed by atoms with Crippen LogP contribution < -0.4 is 15.8 Å². The smallest absolute Gasteiger partial charge is 0.249 e. The van der Waals surface area contributed by atoms with Gasteiger partial charge < -0.3 is 15.8 Å². The van der Waals surface area contributed by atoms with Gasteiger partial charge in [-0.25, -0.2) is 0 Å². The Balaban J connectivity index is 2.25. The Kier molecular flexibility index (Phi) is 2.86. The third-order valence-electron chi connectivity index (χ3n) is 3.57. The topological polar surface area (TPSA) is 98.5 Å². The molecule has 106 valence electrons. The molecule has 1 aliphatic heterocycles. The maximum atomic E-state index is 12.6. The molecule has 6 heteroatoms. The quantitative estimate of drug-likeness (QED) is 0.828. The number of ether oxygens (including phenoxy) is 1. The summed E-state index contributed by atoms with van der Waals surface area (Å²) in [6.07, 6.45) is 2.54. The maximum absolute atomic E-state index is 12.6. The highest BCUT2D eigenvalue weighted by Crippen LogP contribution is 2.38. The number of fused-ring (bicyclic) bond motifs is 2. The van der Waals surface area contributed by atoms with Crippen LogP contribution >= 0.6 is 0 Å². The Bertz CT molecular complexity index is 746. The molecule has 6 nitrogen and oxygen atoms in total. The second kappa shape index (κ2) is 4.59. The molecule has 1 unspecified atom stereocenters. The van der Waals surface area contributed by atoms with Crippen LogP contribution in [-0.2, 0) is 9.59 Å². The molecule has 1 aromatic carbocycles. The van der Waals surface area contributed by atoms with E-state index in [1.165, 1.54) is 19.3 Å². The number of ketones is 2. The van der Waals surface area contributed by atoms with E-state index in [0.29, 0.717) is 17.0 Å². The molecule has 1 heterocycles. The van der Waals surface area contributed by atoms with Gasteiger partial charge in [0.2, 0.25) is 5.91 Å². The van der Waals surface area contributed by atoms with Crippen LogP contribution in [0, 0.1) is 0 Å². The SMILES string of the molecule is COc1cccc2c1NC1C(=O)C=CC(C(N)=O)=C1C2=O. The summed E-state index contributed by atoms with van der Waals surface area (Å²) in [6, 6.07) is 4.06. The monoisotopic (exact) mass is 284 g/mol. The summed E-state index contributed by atoms with van der Waals surface area (Å²) >= 11 is 0. The number of methoxy groups -OCH3 is 1. The molecule has 0 aromatic heterocycles. The highest BCUT2D eigenvalue weighted by Gasteiger charge is 2.39. The van der Waals surface area contributed by atoms with Gasteiger partial charge in [0.25, 0.3) is 0 Å². The third-order valence-corrected chi connectivity index (χ3v) is 3.57. The zero-order valence-electron chi connectivity index (χ0n) is 11.2. The van der Waals surface area contributed by atoms with E-state index in [0.717, 1.165) is 0 Å². The standard InChI is InChI=1S/C15H12N2O4/c1-21-10-4-2-3-8-12(10)17-13-9(18)6-5-7(15(16)20)11(13)14(8)19/h2-6,13,17H,1H3,(H2,16,20). The molecular weight excluding hydrogens is 272 g/mol. The lowest BCUT2D eigenvalue weighted by Gasteiger charge is -2.30. The van der Waals surface area contributed by atoms with Gasteiger partial charge in [-0.2, -0.15) is 0 Å². The van der Waals surface area contributed by atoms with Crippen LogP contribution in [0.25, 0.3) is 0 Å². The van der Waals surface area contributed by atoms with Crippen molar-refractivity contribution >= 4 is 23.2 Å². The third kappa shape index (κ3) is 1.84. The lowest BCUT2D eigenvalue weighted by molar-refractivity contribution is -0.115. The Labute approximate surface area is 120 Å². The van der Waals surface area contributed by atoms with Crippen LogP contribution in [0.5, 0.6) is 5.75 Å². The number of nitrogens with one attached hydrogen (secondary N) is 1. The second-order valence-electron chi connectivity index (χ2n) is 4.72. The second-order valence-corrected chi connectivity index (χ2v) is 4.72. The van der Waals surface area contributed by atoms with Crippen molar-refractivity contribution in [1.82, 2.24) is 0 Å². The van der Waals surface area contributed by atoms with Crippen LogP contribution in [0.4, 0.5) is 5.69 Å². The van der Waals surface area contributed by atoms with Gasteiger partial charge in [-0.15, -0.1) is 0 Å². The fourth-order valence-corrected chi connectivity index (χ4v) is 2.59. The lowest BCUT2D eigenvalue weighted by Crippen LogP contribution is -2.42. The number of primary amides is 1. The van der Waals surface area contributed by atoms with Gasteiger partial charge in [-0.3, -0.25) is 14.4 Å². The molecular formula is C15H12N2O4. The van der Waals surface area contributed by atoms with Crippen molar-refractivity contribution < 1.29 is 19.1 Å². The molecule has 3 N–H and O–H groups in total. The predicted molar refractivity (Wildman–Crippen MR) is 75.1 cm³/mol. The summed E-state index contributed by atoms with van der Waals surface area (Å²) in [4.78, 5) is 36.1. The summed E-state index contributed by atoms with van der Waals surface area (Å²) < 4.78 is 5.20. The minimum absolute atomic E-state index is 0.0607.